The number of thioether (sulfide) groups is 1. The van der Waals surface area contributed by atoms with E-state index in [1.165, 1.54) is 0 Å². The summed E-state index contributed by atoms with van der Waals surface area (Å²) < 4.78 is 12.5. The molecule has 144 valence electrons. The topological polar surface area (TPSA) is 69.5 Å². The lowest BCUT2D eigenvalue weighted by Crippen LogP contribution is -2.41. The summed E-state index contributed by atoms with van der Waals surface area (Å²) in [5.41, 5.74) is 1.72. The zero-order valence-electron chi connectivity index (χ0n) is 15.5. The van der Waals surface area contributed by atoms with Crippen molar-refractivity contribution in [3.05, 3.63) is 53.9 Å². The Balaban J connectivity index is 1.75. The molecule has 0 unspecified atom stereocenters. The zero-order valence-corrected chi connectivity index (χ0v) is 16.3. The average molecular weight is 388 g/mol. The molecule has 0 spiro atoms. The largest absolute Gasteiger partial charge is 0.378 e. The van der Waals surface area contributed by atoms with Crippen LogP contribution in [0.25, 0.3) is 0 Å². The highest BCUT2D eigenvalue weighted by atomic mass is 32.2. The number of hydrogen-bond acceptors (Lipinski definition) is 6. The number of rotatable bonds is 8. The van der Waals surface area contributed by atoms with E-state index in [1.54, 1.807) is 18.9 Å². The predicted octanol–water partition coefficient (Wildman–Crippen LogP) is 2.38. The van der Waals surface area contributed by atoms with Crippen LogP contribution in [0.5, 0.6) is 0 Å². The molecule has 27 heavy (non-hydrogen) atoms. The number of allylic oxidation sites excluding steroid dienone is 1. The maximum absolute atomic E-state index is 12.9. The normalized spacial score (nSPS) is 14.3. The van der Waals surface area contributed by atoms with Gasteiger partial charge in [-0.15, -0.1) is 16.8 Å². The lowest BCUT2D eigenvalue weighted by molar-refractivity contribution is 0.0302. The van der Waals surface area contributed by atoms with Crippen LogP contribution in [-0.4, -0.2) is 59.0 Å². The minimum atomic E-state index is 0.0575. The molecule has 8 heteroatoms. The highest BCUT2D eigenvalue weighted by Crippen LogP contribution is 2.25. The predicted molar refractivity (Wildman–Crippen MR) is 104 cm³/mol. The second-order valence-electron chi connectivity index (χ2n) is 6.08. The SMILES string of the molecule is C=CCn1c(COC)nnc1SCc1ccccc1C(=O)N1CCOCC1. The summed E-state index contributed by atoms with van der Waals surface area (Å²) >= 11 is 1.56. The fraction of sp³-hybridized carbons (Fsp3) is 0.421. The smallest absolute Gasteiger partial charge is 0.254 e. The molecule has 0 bridgehead atoms. The number of carbonyl (C=O) groups excluding carboxylic acids is 1. The lowest BCUT2D eigenvalue weighted by atomic mass is 10.1. The van der Waals surface area contributed by atoms with Crippen molar-refractivity contribution in [2.75, 3.05) is 33.4 Å². The van der Waals surface area contributed by atoms with Crippen molar-refractivity contribution in [3.8, 4) is 0 Å². The summed E-state index contributed by atoms with van der Waals surface area (Å²) in [5.74, 6) is 1.45. The van der Waals surface area contributed by atoms with Crippen molar-refractivity contribution in [1.29, 1.82) is 0 Å². The Labute approximate surface area is 163 Å². The molecule has 1 amide bonds. The molecule has 0 aliphatic carbocycles. The second kappa shape index (κ2) is 9.68. The standard InChI is InChI=1S/C19H24N4O3S/c1-3-8-23-17(13-25-2)20-21-19(23)27-14-15-6-4-5-7-16(15)18(24)22-9-11-26-12-10-22/h3-7H,1,8-14H2,2H3. The van der Waals surface area contributed by atoms with Crippen LogP contribution >= 0.6 is 11.8 Å². The first kappa shape index (κ1) is 19.6. The van der Waals surface area contributed by atoms with Crippen molar-refractivity contribution in [2.45, 2.75) is 24.1 Å². The molecule has 7 nitrogen and oxygen atoms in total. The number of ether oxygens (including phenoxy) is 2. The average Bonchev–Trinajstić information content (AvgIpc) is 3.09. The molecule has 3 rings (SSSR count). The summed E-state index contributed by atoms with van der Waals surface area (Å²) in [6.07, 6.45) is 1.81. The molecule has 2 heterocycles. The van der Waals surface area contributed by atoms with Crippen LogP contribution in [0.1, 0.15) is 21.7 Å². The summed E-state index contributed by atoms with van der Waals surface area (Å²) in [5, 5.41) is 9.25. The number of aromatic nitrogens is 3. The number of benzene rings is 1. The summed E-state index contributed by atoms with van der Waals surface area (Å²) in [6.45, 7) is 7.26. The van der Waals surface area contributed by atoms with Gasteiger partial charge < -0.3 is 18.9 Å². The van der Waals surface area contributed by atoms with Gasteiger partial charge in [-0.1, -0.05) is 36.0 Å². The molecule has 2 aromatic rings. The van der Waals surface area contributed by atoms with Gasteiger partial charge in [0.1, 0.15) is 6.61 Å². The third-order valence-electron chi connectivity index (χ3n) is 4.28. The van der Waals surface area contributed by atoms with Gasteiger partial charge in [0, 0.05) is 38.1 Å². The van der Waals surface area contributed by atoms with Gasteiger partial charge in [-0.3, -0.25) is 4.79 Å². The van der Waals surface area contributed by atoms with Gasteiger partial charge in [0.25, 0.3) is 5.91 Å². The molecule has 0 atom stereocenters. The van der Waals surface area contributed by atoms with Crippen molar-refractivity contribution < 1.29 is 14.3 Å². The Bertz CT molecular complexity index is 787. The van der Waals surface area contributed by atoms with Gasteiger partial charge in [0.2, 0.25) is 0 Å². The van der Waals surface area contributed by atoms with E-state index in [4.69, 9.17) is 9.47 Å². The van der Waals surface area contributed by atoms with Crippen molar-refractivity contribution in [3.63, 3.8) is 0 Å². The van der Waals surface area contributed by atoms with Crippen LogP contribution in [0.15, 0.2) is 42.1 Å². The van der Waals surface area contributed by atoms with Gasteiger partial charge >= 0.3 is 0 Å². The minimum Gasteiger partial charge on any atom is -0.378 e. The Morgan fingerprint density at radius 3 is 2.85 bits per heavy atom. The highest BCUT2D eigenvalue weighted by molar-refractivity contribution is 7.98. The Hall–Kier alpha value is -2.16. The van der Waals surface area contributed by atoms with Gasteiger partial charge in [-0.2, -0.15) is 0 Å². The molecule has 1 aliphatic heterocycles. The van der Waals surface area contributed by atoms with Gasteiger partial charge in [0.15, 0.2) is 11.0 Å². The summed E-state index contributed by atoms with van der Waals surface area (Å²) in [4.78, 5) is 14.7. The molecule has 0 saturated carbocycles. The van der Waals surface area contributed by atoms with Crippen LogP contribution in [-0.2, 0) is 28.4 Å². The Kier molecular flexibility index (Phi) is 7.03. The molecule has 1 saturated heterocycles. The molecule has 1 fully saturated rings. The molecular weight excluding hydrogens is 364 g/mol. The van der Waals surface area contributed by atoms with Crippen LogP contribution in [0.3, 0.4) is 0 Å². The highest BCUT2D eigenvalue weighted by Gasteiger charge is 2.21. The number of hydrogen-bond donors (Lipinski definition) is 0. The van der Waals surface area contributed by atoms with E-state index in [-0.39, 0.29) is 5.91 Å². The first-order chi connectivity index (χ1) is 13.2. The third-order valence-corrected chi connectivity index (χ3v) is 5.30. The molecule has 0 N–H and O–H groups in total. The quantitative estimate of drug-likeness (QED) is 0.511. The maximum atomic E-state index is 12.9. The molecule has 1 aliphatic rings. The number of amides is 1. The van der Waals surface area contributed by atoms with Crippen LogP contribution in [0, 0.1) is 0 Å². The maximum Gasteiger partial charge on any atom is 0.254 e. The van der Waals surface area contributed by atoms with Crippen LogP contribution < -0.4 is 0 Å². The van der Waals surface area contributed by atoms with E-state index in [2.05, 4.69) is 16.8 Å². The zero-order chi connectivity index (χ0) is 19.1. The van der Waals surface area contributed by atoms with Crippen LogP contribution in [0.2, 0.25) is 0 Å². The Morgan fingerprint density at radius 1 is 1.33 bits per heavy atom. The Morgan fingerprint density at radius 2 is 2.11 bits per heavy atom. The monoisotopic (exact) mass is 388 g/mol. The van der Waals surface area contributed by atoms with Gasteiger partial charge in [0.05, 0.1) is 13.2 Å². The van der Waals surface area contributed by atoms with E-state index in [0.29, 0.717) is 45.2 Å². The first-order valence-electron chi connectivity index (χ1n) is 8.84. The van der Waals surface area contributed by atoms with E-state index in [9.17, 15) is 4.79 Å². The van der Waals surface area contributed by atoms with E-state index < -0.39 is 0 Å². The minimum absolute atomic E-state index is 0.0575. The number of carbonyl (C=O) groups is 1. The molecular formula is C19H24N4O3S. The number of methoxy groups -OCH3 is 1. The second-order valence-corrected chi connectivity index (χ2v) is 7.02. The van der Waals surface area contributed by atoms with Gasteiger partial charge in [-0.25, -0.2) is 0 Å². The molecule has 0 radical (unpaired) electrons. The fourth-order valence-corrected chi connectivity index (χ4v) is 3.88. The number of nitrogens with zero attached hydrogens (tertiary/aromatic N) is 4. The first-order valence-corrected chi connectivity index (χ1v) is 9.82. The van der Waals surface area contributed by atoms with Gasteiger partial charge in [-0.05, 0) is 11.6 Å². The third kappa shape index (κ3) is 4.77. The molecule has 1 aromatic heterocycles. The fourth-order valence-electron chi connectivity index (χ4n) is 2.91. The summed E-state index contributed by atoms with van der Waals surface area (Å²) in [7, 11) is 1.63. The number of morpholine rings is 1. The van der Waals surface area contributed by atoms with E-state index >= 15 is 0 Å². The lowest BCUT2D eigenvalue weighted by Gasteiger charge is -2.27. The van der Waals surface area contributed by atoms with Crippen molar-refractivity contribution in [2.24, 2.45) is 0 Å². The van der Waals surface area contributed by atoms with E-state index in [1.807, 2.05) is 39.8 Å². The summed E-state index contributed by atoms with van der Waals surface area (Å²) in [6, 6.07) is 7.74. The van der Waals surface area contributed by atoms with E-state index in [0.717, 1.165) is 22.1 Å². The van der Waals surface area contributed by atoms with Crippen molar-refractivity contribution >= 4 is 17.7 Å². The van der Waals surface area contributed by atoms with Crippen molar-refractivity contribution in [1.82, 2.24) is 19.7 Å². The van der Waals surface area contributed by atoms with Crippen LogP contribution in [0.4, 0.5) is 0 Å². The molecule has 1 aromatic carbocycles.